The van der Waals surface area contributed by atoms with Crippen molar-refractivity contribution in [1.29, 1.82) is 0 Å². The van der Waals surface area contributed by atoms with E-state index in [4.69, 9.17) is 4.74 Å². The number of nitrogens with one attached hydrogen (secondary N) is 1. The van der Waals surface area contributed by atoms with E-state index in [-0.39, 0.29) is 17.4 Å². The normalized spacial score (nSPS) is 10.9. The molecule has 0 unspecified atom stereocenters. The average Bonchev–Trinajstić information content (AvgIpc) is 3.44. The van der Waals surface area contributed by atoms with Crippen molar-refractivity contribution in [2.45, 2.75) is 0 Å². The third kappa shape index (κ3) is 3.55. The number of aromatic nitrogens is 2. The Morgan fingerprint density at radius 1 is 0.969 bits per heavy atom. The lowest BCUT2D eigenvalue weighted by Crippen LogP contribution is -2.00. The number of H-pyrrole nitrogens is 1. The summed E-state index contributed by atoms with van der Waals surface area (Å²) in [6, 6.07) is 23.6. The SMILES string of the molecule is O=COc1cc(-c2ccc(-c3c(C(=O)c4ccccc4)sc4cc(O)ccc34)cc2)[nH]n1. The van der Waals surface area contributed by atoms with Crippen LogP contribution >= 0.6 is 11.3 Å². The first-order chi connectivity index (χ1) is 15.6. The Balaban J connectivity index is 1.61. The fourth-order valence-electron chi connectivity index (χ4n) is 3.63. The molecule has 0 amide bonds. The molecule has 6 nitrogen and oxygen atoms in total. The second-order valence-electron chi connectivity index (χ2n) is 7.09. The van der Waals surface area contributed by atoms with Gasteiger partial charge in [-0.15, -0.1) is 16.4 Å². The number of rotatable bonds is 6. The van der Waals surface area contributed by atoms with Crippen LogP contribution in [0.3, 0.4) is 0 Å². The van der Waals surface area contributed by atoms with Gasteiger partial charge in [0, 0.05) is 27.3 Å². The zero-order valence-electron chi connectivity index (χ0n) is 16.6. The predicted octanol–water partition coefficient (Wildman–Crippen LogP) is 5.43. The number of carbonyl (C=O) groups is 2. The quantitative estimate of drug-likeness (QED) is 0.271. The van der Waals surface area contributed by atoms with Crippen molar-refractivity contribution >= 4 is 33.7 Å². The van der Waals surface area contributed by atoms with Gasteiger partial charge in [0.2, 0.25) is 11.7 Å². The second-order valence-corrected chi connectivity index (χ2v) is 8.15. The van der Waals surface area contributed by atoms with Gasteiger partial charge in [-0.2, -0.15) is 0 Å². The molecule has 2 N–H and O–H groups in total. The minimum atomic E-state index is -0.0606. The van der Waals surface area contributed by atoms with Crippen LogP contribution in [0.1, 0.15) is 15.2 Å². The number of nitrogens with zero attached hydrogens (tertiary/aromatic N) is 1. The molecule has 0 atom stereocenters. The van der Waals surface area contributed by atoms with Gasteiger partial charge in [0.05, 0.1) is 10.6 Å². The van der Waals surface area contributed by atoms with Crippen LogP contribution in [0.4, 0.5) is 0 Å². The van der Waals surface area contributed by atoms with Gasteiger partial charge < -0.3 is 9.84 Å². The van der Waals surface area contributed by atoms with Gasteiger partial charge in [-0.1, -0.05) is 54.6 Å². The largest absolute Gasteiger partial charge is 0.508 e. The van der Waals surface area contributed by atoms with E-state index >= 15 is 0 Å². The first kappa shape index (κ1) is 19.7. The number of ether oxygens (including phenoxy) is 1. The van der Waals surface area contributed by atoms with E-state index in [0.717, 1.165) is 26.8 Å². The van der Waals surface area contributed by atoms with Crippen LogP contribution in [0, 0.1) is 0 Å². The van der Waals surface area contributed by atoms with Crippen molar-refractivity contribution in [1.82, 2.24) is 10.2 Å². The maximum absolute atomic E-state index is 13.3. The highest BCUT2D eigenvalue weighted by Gasteiger charge is 2.21. The molecule has 156 valence electrons. The van der Waals surface area contributed by atoms with Crippen molar-refractivity contribution in [2.24, 2.45) is 0 Å². The number of benzene rings is 3. The summed E-state index contributed by atoms with van der Waals surface area (Å²) in [7, 11) is 0. The number of hydrogen-bond acceptors (Lipinski definition) is 6. The summed E-state index contributed by atoms with van der Waals surface area (Å²) < 4.78 is 5.59. The van der Waals surface area contributed by atoms with Gasteiger partial charge in [-0.05, 0) is 29.3 Å². The van der Waals surface area contributed by atoms with Gasteiger partial charge in [0.25, 0.3) is 6.47 Å². The van der Waals surface area contributed by atoms with Gasteiger partial charge in [0.15, 0.2) is 0 Å². The Morgan fingerprint density at radius 2 is 1.72 bits per heavy atom. The second kappa shape index (κ2) is 8.13. The van der Waals surface area contributed by atoms with E-state index in [2.05, 4.69) is 10.2 Å². The van der Waals surface area contributed by atoms with Crippen molar-refractivity contribution < 1.29 is 19.4 Å². The smallest absolute Gasteiger partial charge is 0.299 e. The van der Waals surface area contributed by atoms with Crippen LogP contribution in [0.25, 0.3) is 32.5 Å². The Kier molecular flexibility index (Phi) is 5.01. The van der Waals surface area contributed by atoms with E-state index < -0.39 is 0 Å². The zero-order valence-corrected chi connectivity index (χ0v) is 17.4. The fraction of sp³-hybridized carbons (Fsp3) is 0. The number of aromatic hydroxyl groups is 1. The minimum absolute atomic E-state index is 0.0606. The number of carbonyl (C=O) groups excluding carboxylic acids is 2. The molecule has 0 radical (unpaired) electrons. The lowest BCUT2D eigenvalue weighted by atomic mass is 9.97. The number of hydrogen-bond donors (Lipinski definition) is 2. The summed E-state index contributed by atoms with van der Waals surface area (Å²) in [5, 5.41) is 17.6. The Labute approximate surface area is 186 Å². The summed E-state index contributed by atoms with van der Waals surface area (Å²) in [5.41, 5.74) is 3.89. The maximum Gasteiger partial charge on any atom is 0.299 e. The molecular weight excluding hydrogens is 424 g/mol. The zero-order chi connectivity index (χ0) is 22.1. The molecule has 3 aromatic carbocycles. The number of ketones is 1. The maximum atomic E-state index is 13.3. The molecular formula is C25H16N2O4S. The summed E-state index contributed by atoms with van der Waals surface area (Å²) in [6.07, 6.45) is 0. The summed E-state index contributed by atoms with van der Waals surface area (Å²) in [6.45, 7) is 0.327. The van der Waals surface area contributed by atoms with Gasteiger partial charge in [-0.25, -0.2) is 0 Å². The summed E-state index contributed by atoms with van der Waals surface area (Å²) in [5.74, 6) is 0.292. The molecule has 2 heterocycles. The number of phenolic OH excluding ortho intramolecular Hbond substituents is 1. The Bertz CT molecular complexity index is 1440. The number of thiophene rings is 1. The fourth-order valence-corrected chi connectivity index (χ4v) is 4.85. The van der Waals surface area contributed by atoms with Crippen LogP contribution in [0.15, 0.2) is 78.9 Å². The molecule has 32 heavy (non-hydrogen) atoms. The van der Waals surface area contributed by atoms with Crippen molar-refractivity contribution in [3.8, 4) is 34.0 Å². The van der Waals surface area contributed by atoms with Crippen molar-refractivity contribution in [3.63, 3.8) is 0 Å². The topological polar surface area (TPSA) is 92.3 Å². The van der Waals surface area contributed by atoms with Crippen molar-refractivity contribution in [3.05, 3.63) is 89.3 Å². The molecule has 5 aromatic rings. The first-order valence-corrected chi connectivity index (χ1v) is 10.6. The van der Waals surface area contributed by atoms with E-state index in [9.17, 15) is 14.7 Å². The molecule has 0 saturated carbocycles. The van der Waals surface area contributed by atoms with Gasteiger partial charge in [-0.3, -0.25) is 14.7 Å². The molecule has 5 rings (SSSR count). The molecule has 0 aliphatic rings. The minimum Gasteiger partial charge on any atom is -0.508 e. The van der Waals surface area contributed by atoms with Crippen LogP contribution in [0.5, 0.6) is 11.6 Å². The Hall–Kier alpha value is -4.23. The highest BCUT2D eigenvalue weighted by molar-refractivity contribution is 7.21. The lowest BCUT2D eigenvalue weighted by Gasteiger charge is -2.07. The molecule has 7 heteroatoms. The van der Waals surface area contributed by atoms with Crippen LogP contribution in [0.2, 0.25) is 0 Å². The first-order valence-electron chi connectivity index (χ1n) is 9.76. The van der Waals surface area contributed by atoms with E-state index in [1.165, 1.54) is 11.3 Å². The standard InChI is InChI=1S/C25H16N2O4S/c28-14-31-22-13-20(26-27-22)15-6-8-16(9-7-15)23-19-11-10-18(29)12-21(19)32-25(23)24(30)17-4-2-1-3-5-17/h1-14,29H,(H,26,27). The number of fused-ring (bicyclic) bond motifs is 1. The molecule has 0 bridgehead atoms. The molecule has 0 spiro atoms. The number of aromatic amines is 1. The van der Waals surface area contributed by atoms with E-state index in [1.54, 1.807) is 30.3 Å². The molecule has 0 saturated heterocycles. The highest BCUT2D eigenvalue weighted by atomic mass is 32.1. The van der Waals surface area contributed by atoms with Gasteiger partial charge >= 0.3 is 0 Å². The Morgan fingerprint density at radius 3 is 2.47 bits per heavy atom. The van der Waals surface area contributed by atoms with E-state index in [0.29, 0.717) is 22.6 Å². The molecule has 0 aliphatic heterocycles. The van der Waals surface area contributed by atoms with Crippen LogP contribution < -0.4 is 4.74 Å². The van der Waals surface area contributed by atoms with Crippen LogP contribution in [-0.4, -0.2) is 27.6 Å². The van der Waals surface area contributed by atoms with Gasteiger partial charge in [0.1, 0.15) is 5.75 Å². The van der Waals surface area contributed by atoms with E-state index in [1.807, 2.05) is 48.5 Å². The summed E-state index contributed by atoms with van der Waals surface area (Å²) >= 11 is 1.37. The summed E-state index contributed by atoms with van der Waals surface area (Å²) in [4.78, 5) is 24.5. The third-order valence-electron chi connectivity index (χ3n) is 5.12. The number of phenols is 1. The molecule has 0 aliphatic carbocycles. The monoisotopic (exact) mass is 440 g/mol. The lowest BCUT2D eigenvalue weighted by molar-refractivity contribution is -0.120. The molecule has 0 fully saturated rings. The van der Waals surface area contributed by atoms with Crippen LogP contribution in [-0.2, 0) is 4.79 Å². The molecule has 2 aromatic heterocycles. The predicted molar refractivity (Wildman–Crippen MR) is 123 cm³/mol. The average molecular weight is 440 g/mol. The highest BCUT2D eigenvalue weighted by Crippen LogP contribution is 2.41. The van der Waals surface area contributed by atoms with Crippen molar-refractivity contribution in [2.75, 3.05) is 0 Å². The third-order valence-corrected chi connectivity index (χ3v) is 6.27.